The lowest BCUT2D eigenvalue weighted by Gasteiger charge is -2.37. The van der Waals surface area contributed by atoms with Crippen molar-refractivity contribution in [2.45, 2.75) is 18.9 Å². The minimum absolute atomic E-state index is 0.162. The van der Waals surface area contributed by atoms with Gasteiger partial charge in [0.25, 0.3) is 0 Å². The third-order valence-corrected chi connectivity index (χ3v) is 4.63. The van der Waals surface area contributed by atoms with E-state index in [9.17, 15) is 4.79 Å². The highest BCUT2D eigenvalue weighted by molar-refractivity contribution is 7.09. The van der Waals surface area contributed by atoms with Crippen LogP contribution in [0.1, 0.15) is 11.3 Å². The lowest BCUT2D eigenvalue weighted by Crippen LogP contribution is -2.54. The number of carbonyl (C=O) groups is 1. The Morgan fingerprint density at radius 1 is 1.47 bits per heavy atom. The molecule has 1 unspecified atom stereocenters. The molecule has 1 atom stereocenters. The Hall–Kier alpha value is -0.910. The van der Waals surface area contributed by atoms with E-state index in [1.54, 1.807) is 11.3 Å². The molecular weight excluding hydrogens is 258 g/mol. The Morgan fingerprint density at radius 2 is 2.32 bits per heavy atom. The summed E-state index contributed by atoms with van der Waals surface area (Å²) in [6.45, 7) is 3.97. The number of aryl methyl sites for hydroxylation is 1. The molecule has 1 amide bonds. The van der Waals surface area contributed by atoms with E-state index < -0.39 is 0 Å². The van der Waals surface area contributed by atoms with E-state index in [1.807, 2.05) is 6.07 Å². The minimum atomic E-state index is 0.162. The molecule has 0 saturated carbocycles. The van der Waals surface area contributed by atoms with Crippen molar-refractivity contribution >= 4 is 17.2 Å². The van der Waals surface area contributed by atoms with Crippen LogP contribution in [0.15, 0.2) is 17.5 Å². The molecule has 1 N–H and O–H groups in total. The van der Waals surface area contributed by atoms with E-state index in [2.05, 4.69) is 40.7 Å². The van der Waals surface area contributed by atoms with Crippen molar-refractivity contribution in [3.8, 4) is 0 Å². The smallest absolute Gasteiger partial charge is 0.220 e. The number of rotatable bonds is 5. The van der Waals surface area contributed by atoms with Crippen molar-refractivity contribution < 1.29 is 4.79 Å². The predicted octanol–water partition coefficient (Wildman–Crippen LogP) is 1.04. The Balaban J connectivity index is 1.68. The molecule has 1 aromatic rings. The maximum Gasteiger partial charge on any atom is 0.220 e. The second-order valence-corrected chi connectivity index (χ2v) is 6.31. The van der Waals surface area contributed by atoms with E-state index in [4.69, 9.17) is 0 Å². The van der Waals surface area contributed by atoms with Crippen molar-refractivity contribution in [1.82, 2.24) is 15.1 Å². The van der Waals surface area contributed by atoms with Crippen molar-refractivity contribution in [3.05, 3.63) is 22.4 Å². The Labute approximate surface area is 119 Å². The molecule has 1 aliphatic heterocycles. The fraction of sp³-hybridized carbons (Fsp3) is 0.643. The zero-order valence-electron chi connectivity index (χ0n) is 11.8. The molecule has 1 aromatic heterocycles. The van der Waals surface area contributed by atoms with Crippen molar-refractivity contribution in [2.75, 3.05) is 40.3 Å². The molecule has 2 heterocycles. The number of thiophene rings is 1. The van der Waals surface area contributed by atoms with Gasteiger partial charge in [-0.05, 0) is 32.0 Å². The summed E-state index contributed by atoms with van der Waals surface area (Å²) in [5.74, 6) is 0.162. The summed E-state index contributed by atoms with van der Waals surface area (Å²) in [6, 6.07) is 4.55. The maximum atomic E-state index is 11.8. The summed E-state index contributed by atoms with van der Waals surface area (Å²) in [5, 5.41) is 5.12. The van der Waals surface area contributed by atoms with Gasteiger partial charge in [0, 0.05) is 43.5 Å². The van der Waals surface area contributed by atoms with Gasteiger partial charge in [-0.15, -0.1) is 11.3 Å². The summed E-state index contributed by atoms with van der Waals surface area (Å²) < 4.78 is 0. The Kier molecular flexibility index (Phi) is 5.36. The molecule has 0 aliphatic carbocycles. The highest BCUT2D eigenvalue weighted by atomic mass is 32.1. The van der Waals surface area contributed by atoms with E-state index in [-0.39, 0.29) is 5.91 Å². The molecule has 0 aromatic carbocycles. The monoisotopic (exact) mass is 281 g/mol. The summed E-state index contributed by atoms with van der Waals surface area (Å²) in [7, 11) is 4.27. The quantitative estimate of drug-likeness (QED) is 0.876. The van der Waals surface area contributed by atoms with Gasteiger partial charge in [-0.3, -0.25) is 9.69 Å². The van der Waals surface area contributed by atoms with Gasteiger partial charge < -0.3 is 10.2 Å². The summed E-state index contributed by atoms with van der Waals surface area (Å²) >= 11 is 1.72. The van der Waals surface area contributed by atoms with E-state index in [1.165, 1.54) is 4.88 Å². The molecule has 0 radical (unpaired) electrons. The largest absolute Gasteiger partial charge is 0.354 e. The van der Waals surface area contributed by atoms with Crippen LogP contribution in [-0.4, -0.2) is 62.0 Å². The highest BCUT2D eigenvalue weighted by Crippen LogP contribution is 2.10. The van der Waals surface area contributed by atoms with Gasteiger partial charge in [0.2, 0.25) is 5.91 Å². The van der Waals surface area contributed by atoms with Gasteiger partial charge in [0.15, 0.2) is 0 Å². The molecule has 4 nitrogen and oxygen atoms in total. The van der Waals surface area contributed by atoms with Crippen molar-refractivity contribution in [2.24, 2.45) is 0 Å². The lowest BCUT2D eigenvalue weighted by molar-refractivity contribution is -0.121. The van der Waals surface area contributed by atoms with Gasteiger partial charge in [0.1, 0.15) is 0 Å². The van der Waals surface area contributed by atoms with Crippen LogP contribution >= 0.6 is 11.3 Å². The summed E-state index contributed by atoms with van der Waals surface area (Å²) in [4.78, 5) is 17.8. The molecule has 106 valence electrons. The standard InChI is InChI=1S/C14H23N3OS/c1-16-7-8-17(2)12(11-16)10-15-14(18)6-5-13-4-3-9-19-13/h3-4,9,12H,5-8,10-11H2,1-2H3,(H,15,18). The van der Waals surface area contributed by atoms with Crippen LogP contribution < -0.4 is 5.32 Å². The van der Waals surface area contributed by atoms with Gasteiger partial charge in [-0.1, -0.05) is 6.07 Å². The predicted molar refractivity (Wildman–Crippen MR) is 79.6 cm³/mol. The molecular formula is C14H23N3OS. The number of carbonyl (C=O) groups excluding carboxylic acids is 1. The first kappa shape index (κ1) is 14.5. The van der Waals surface area contributed by atoms with Crippen LogP contribution in [0, 0.1) is 0 Å². The zero-order chi connectivity index (χ0) is 13.7. The average molecular weight is 281 g/mol. The van der Waals surface area contributed by atoms with Gasteiger partial charge >= 0.3 is 0 Å². The molecule has 0 spiro atoms. The second kappa shape index (κ2) is 7.03. The Bertz CT molecular complexity index is 393. The lowest BCUT2D eigenvalue weighted by atomic mass is 10.2. The highest BCUT2D eigenvalue weighted by Gasteiger charge is 2.22. The van der Waals surface area contributed by atoms with Gasteiger partial charge in [0.05, 0.1) is 0 Å². The third-order valence-electron chi connectivity index (χ3n) is 3.69. The first-order valence-corrected chi connectivity index (χ1v) is 7.71. The number of hydrogen-bond donors (Lipinski definition) is 1. The van der Waals surface area contributed by atoms with Crippen LogP contribution in [0.25, 0.3) is 0 Å². The third kappa shape index (κ3) is 4.60. The second-order valence-electron chi connectivity index (χ2n) is 5.28. The number of hydrogen-bond acceptors (Lipinski definition) is 4. The number of amides is 1. The number of likely N-dealkylation sites (N-methyl/N-ethyl adjacent to an activating group) is 2. The number of nitrogens with one attached hydrogen (secondary N) is 1. The van der Waals surface area contributed by atoms with Crippen LogP contribution in [0.4, 0.5) is 0 Å². The van der Waals surface area contributed by atoms with E-state index >= 15 is 0 Å². The van der Waals surface area contributed by atoms with Crippen LogP contribution in [-0.2, 0) is 11.2 Å². The normalized spacial score (nSPS) is 21.5. The van der Waals surface area contributed by atoms with Gasteiger partial charge in [-0.25, -0.2) is 0 Å². The molecule has 1 fully saturated rings. The van der Waals surface area contributed by atoms with Gasteiger partial charge in [-0.2, -0.15) is 0 Å². The zero-order valence-corrected chi connectivity index (χ0v) is 12.6. The average Bonchev–Trinajstić information content (AvgIpc) is 2.90. The molecule has 1 saturated heterocycles. The van der Waals surface area contributed by atoms with Crippen LogP contribution in [0.3, 0.4) is 0 Å². The first-order chi connectivity index (χ1) is 9.15. The topological polar surface area (TPSA) is 35.6 Å². The van der Waals surface area contributed by atoms with Crippen LogP contribution in [0.5, 0.6) is 0 Å². The fourth-order valence-electron chi connectivity index (χ4n) is 2.33. The van der Waals surface area contributed by atoms with Crippen molar-refractivity contribution in [3.63, 3.8) is 0 Å². The van der Waals surface area contributed by atoms with E-state index in [0.717, 1.165) is 32.6 Å². The number of piperazine rings is 1. The summed E-state index contributed by atoms with van der Waals surface area (Å²) in [6.07, 6.45) is 1.44. The molecule has 0 bridgehead atoms. The molecule has 1 aliphatic rings. The Morgan fingerprint density at radius 3 is 3.05 bits per heavy atom. The molecule has 2 rings (SSSR count). The number of nitrogens with zero attached hydrogens (tertiary/aromatic N) is 2. The first-order valence-electron chi connectivity index (χ1n) is 6.83. The van der Waals surface area contributed by atoms with E-state index in [0.29, 0.717) is 12.5 Å². The maximum absolute atomic E-state index is 11.8. The van der Waals surface area contributed by atoms with Crippen molar-refractivity contribution in [1.29, 1.82) is 0 Å². The molecule has 19 heavy (non-hydrogen) atoms. The summed E-state index contributed by atoms with van der Waals surface area (Å²) in [5.41, 5.74) is 0. The fourth-order valence-corrected chi connectivity index (χ4v) is 3.04. The minimum Gasteiger partial charge on any atom is -0.354 e. The molecule has 5 heteroatoms. The van der Waals surface area contributed by atoms with Crippen LogP contribution in [0.2, 0.25) is 0 Å². The SMILES string of the molecule is CN1CCN(C)C(CNC(=O)CCc2cccs2)C1.